The minimum atomic E-state index is -0.278. The Balaban J connectivity index is 1.33. The van der Waals surface area contributed by atoms with E-state index in [1.54, 1.807) is 42.6 Å². The fraction of sp³-hybridized carbons (Fsp3) is 0.172. The summed E-state index contributed by atoms with van der Waals surface area (Å²) in [6.45, 7) is 2.78. The molecule has 0 aliphatic carbocycles. The van der Waals surface area contributed by atoms with Gasteiger partial charge in [0.05, 0.1) is 17.0 Å². The molecule has 2 aromatic heterocycles. The van der Waals surface area contributed by atoms with Crippen molar-refractivity contribution in [3.63, 3.8) is 0 Å². The first kappa shape index (κ1) is 26.5. The van der Waals surface area contributed by atoms with Gasteiger partial charge in [0, 0.05) is 43.1 Å². The maximum atomic E-state index is 13.7. The summed E-state index contributed by atoms with van der Waals surface area (Å²) in [7, 11) is 0. The highest BCUT2D eigenvalue weighted by Gasteiger charge is 2.33. The number of anilines is 2. The van der Waals surface area contributed by atoms with E-state index < -0.39 is 0 Å². The molecule has 0 saturated carbocycles. The number of pyridine rings is 1. The first-order valence-corrected chi connectivity index (χ1v) is 14.2. The highest BCUT2D eigenvalue weighted by Crippen LogP contribution is 2.35. The third kappa shape index (κ3) is 5.10. The van der Waals surface area contributed by atoms with Gasteiger partial charge in [0.1, 0.15) is 21.6 Å². The van der Waals surface area contributed by atoms with Crippen molar-refractivity contribution in [2.75, 3.05) is 36.0 Å². The van der Waals surface area contributed by atoms with Crippen molar-refractivity contribution in [2.24, 2.45) is 0 Å². The molecule has 2 fully saturated rings. The Morgan fingerprint density at radius 3 is 2.40 bits per heavy atom. The Hall–Kier alpha value is -3.73. The van der Waals surface area contributed by atoms with Crippen molar-refractivity contribution in [1.29, 1.82) is 0 Å². The lowest BCUT2D eigenvalue weighted by molar-refractivity contribution is -0.122. The zero-order valence-corrected chi connectivity index (χ0v) is 23.6. The van der Waals surface area contributed by atoms with Gasteiger partial charge >= 0.3 is 0 Å². The van der Waals surface area contributed by atoms with Gasteiger partial charge in [-0.25, -0.2) is 9.37 Å². The lowest BCUT2D eigenvalue weighted by Gasteiger charge is -2.37. The van der Waals surface area contributed by atoms with E-state index in [9.17, 15) is 14.0 Å². The SMILES string of the molecule is O=C1C(=Cc2c(N3CCN(c4ccc(F)cc4)CC3)nc3ccccn3c2=O)SC(=S)N1Cc1ccccc1Cl. The summed E-state index contributed by atoms with van der Waals surface area (Å²) in [5, 5.41) is 0.555. The Morgan fingerprint density at radius 2 is 1.65 bits per heavy atom. The third-order valence-electron chi connectivity index (χ3n) is 6.96. The fourth-order valence-corrected chi connectivity index (χ4v) is 6.28. The van der Waals surface area contributed by atoms with Crippen LogP contribution in [0.2, 0.25) is 5.02 Å². The van der Waals surface area contributed by atoms with E-state index >= 15 is 0 Å². The summed E-state index contributed by atoms with van der Waals surface area (Å²) in [5.74, 6) is -0.0315. The number of halogens is 2. The van der Waals surface area contributed by atoms with Crippen molar-refractivity contribution >= 4 is 69.0 Å². The maximum absolute atomic E-state index is 13.7. The number of fused-ring (bicyclic) bond motifs is 1. The zero-order chi connectivity index (χ0) is 27.8. The van der Waals surface area contributed by atoms with Crippen LogP contribution in [0.3, 0.4) is 0 Å². The van der Waals surface area contributed by atoms with Crippen molar-refractivity contribution < 1.29 is 9.18 Å². The van der Waals surface area contributed by atoms with Gasteiger partial charge in [-0.3, -0.25) is 18.9 Å². The van der Waals surface area contributed by atoms with Gasteiger partial charge < -0.3 is 9.80 Å². The Bertz CT molecular complexity index is 1720. The molecule has 2 aliphatic rings. The molecule has 11 heteroatoms. The molecule has 4 aromatic rings. The van der Waals surface area contributed by atoms with Crippen molar-refractivity contribution in [2.45, 2.75) is 6.54 Å². The number of carbonyl (C=O) groups excluding carboxylic acids is 1. The quantitative estimate of drug-likeness (QED) is 0.233. The smallest absolute Gasteiger partial charge is 0.267 e. The molecule has 0 unspecified atom stereocenters. The molecule has 40 heavy (non-hydrogen) atoms. The molecule has 202 valence electrons. The molecule has 0 radical (unpaired) electrons. The van der Waals surface area contributed by atoms with Crippen LogP contribution in [0.1, 0.15) is 11.1 Å². The number of amides is 1. The zero-order valence-electron chi connectivity index (χ0n) is 21.2. The molecular formula is C29H23ClFN5O2S2. The maximum Gasteiger partial charge on any atom is 0.267 e. The van der Waals surface area contributed by atoms with Crippen LogP contribution in [0.15, 0.2) is 82.6 Å². The number of benzene rings is 2. The topological polar surface area (TPSA) is 61.2 Å². The predicted molar refractivity (Wildman–Crippen MR) is 162 cm³/mol. The number of rotatable bonds is 5. The first-order valence-electron chi connectivity index (χ1n) is 12.6. The van der Waals surface area contributed by atoms with Gasteiger partial charge in [0.15, 0.2) is 0 Å². The second-order valence-corrected chi connectivity index (χ2v) is 11.5. The molecular weight excluding hydrogens is 569 g/mol. The van der Waals surface area contributed by atoms with E-state index in [4.69, 9.17) is 28.8 Å². The second kappa shape index (κ2) is 11.0. The Morgan fingerprint density at radius 1 is 0.950 bits per heavy atom. The van der Waals surface area contributed by atoms with Crippen LogP contribution in [-0.4, -0.2) is 50.7 Å². The molecule has 0 N–H and O–H groups in total. The summed E-state index contributed by atoms with van der Waals surface area (Å²) >= 11 is 13.0. The molecule has 0 spiro atoms. The number of carbonyl (C=O) groups is 1. The van der Waals surface area contributed by atoms with Gasteiger partial charge in [-0.1, -0.05) is 59.8 Å². The van der Waals surface area contributed by atoms with Crippen LogP contribution < -0.4 is 15.4 Å². The standard InChI is InChI=1S/C29H23ClFN5O2S2/c30-23-6-2-1-5-19(23)18-36-28(38)24(40-29(36)39)17-22-26(32-25-7-3-4-12-35(25)27(22)37)34-15-13-33(14-16-34)21-10-8-20(31)9-11-21/h1-12,17H,13-16,18H2. The average Bonchev–Trinajstić information content (AvgIpc) is 3.23. The number of hydrogen-bond acceptors (Lipinski definition) is 7. The van der Waals surface area contributed by atoms with E-state index in [0.717, 1.165) is 23.0 Å². The van der Waals surface area contributed by atoms with Gasteiger partial charge in [-0.15, -0.1) is 0 Å². The number of thiocarbonyl (C=S) groups is 1. The minimum Gasteiger partial charge on any atom is -0.368 e. The number of thioether (sulfide) groups is 1. The highest BCUT2D eigenvalue weighted by molar-refractivity contribution is 8.26. The van der Waals surface area contributed by atoms with Crippen molar-refractivity contribution in [3.05, 3.63) is 110 Å². The normalized spacial score (nSPS) is 16.9. The van der Waals surface area contributed by atoms with E-state index in [-0.39, 0.29) is 23.8 Å². The molecule has 0 atom stereocenters. The first-order chi connectivity index (χ1) is 19.4. The minimum absolute atomic E-state index is 0.245. The summed E-state index contributed by atoms with van der Waals surface area (Å²) in [5.41, 5.74) is 2.31. The monoisotopic (exact) mass is 591 g/mol. The van der Waals surface area contributed by atoms with Gasteiger partial charge in [0.25, 0.3) is 11.5 Å². The fourth-order valence-electron chi connectivity index (χ4n) is 4.85. The molecule has 1 amide bonds. The van der Waals surface area contributed by atoms with Crippen LogP contribution in [0.5, 0.6) is 0 Å². The van der Waals surface area contributed by atoms with E-state index in [1.165, 1.54) is 21.4 Å². The molecule has 2 aromatic carbocycles. The summed E-state index contributed by atoms with van der Waals surface area (Å²) in [6.07, 6.45) is 3.28. The van der Waals surface area contributed by atoms with Gasteiger partial charge in [0.2, 0.25) is 0 Å². The largest absolute Gasteiger partial charge is 0.368 e. The van der Waals surface area contributed by atoms with Crippen molar-refractivity contribution in [1.82, 2.24) is 14.3 Å². The van der Waals surface area contributed by atoms with Crippen LogP contribution >= 0.6 is 35.6 Å². The second-order valence-electron chi connectivity index (χ2n) is 9.39. The number of piperazine rings is 1. The van der Waals surface area contributed by atoms with Crippen molar-refractivity contribution in [3.8, 4) is 0 Å². The molecule has 4 heterocycles. The molecule has 7 nitrogen and oxygen atoms in total. The number of aromatic nitrogens is 2. The van der Waals surface area contributed by atoms with Gasteiger partial charge in [-0.2, -0.15) is 0 Å². The molecule has 0 bridgehead atoms. The Kier molecular flexibility index (Phi) is 7.31. The van der Waals surface area contributed by atoms with E-state index in [2.05, 4.69) is 9.80 Å². The number of nitrogens with zero attached hydrogens (tertiary/aromatic N) is 5. The van der Waals surface area contributed by atoms with Gasteiger partial charge in [-0.05, 0) is 54.1 Å². The highest BCUT2D eigenvalue weighted by atomic mass is 35.5. The average molecular weight is 592 g/mol. The summed E-state index contributed by atoms with van der Waals surface area (Å²) in [4.78, 5) is 38.1. The lowest BCUT2D eigenvalue weighted by Crippen LogP contribution is -2.47. The summed E-state index contributed by atoms with van der Waals surface area (Å²) < 4.78 is 15.3. The summed E-state index contributed by atoms with van der Waals surface area (Å²) in [6, 6.07) is 19.1. The van der Waals surface area contributed by atoms with E-state index in [1.807, 2.05) is 24.3 Å². The van der Waals surface area contributed by atoms with Crippen LogP contribution in [0.4, 0.5) is 15.9 Å². The number of hydrogen-bond donors (Lipinski definition) is 0. The van der Waals surface area contributed by atoms with E-state index in [0.29, 0.717) is 57.5 Å². The molecule has 2 saturated heterocycles. The molecule has 6 rings (SSSR count). The van der Waals surface area contributed by atoms with Crippen LogP contribution in [0, 0.1) is 5.82 Å². The third-order valence-corrected chi connectivity index (χ3v) is 8.70. The van der Waals surface area contributed by atoms with Crippen LogP contribution in [0.25, 0.3) is 11.7 Å². The Labute approximate surface area is 244 Å². The molecule has 2 aliphatic heterocycles. The lowest BCUT2D eigenvalue weighted by atomic mass is 10.2. The van der Waals surface area contributed by atoms with Crippen LogP contribution in [-0.2, 0) is 11.3 Å². The predicted octanol–water partition coefficient (Wildman–Crippen LogP) is 5.22.